The van der Waals surface area contributed by atoms with E-state index in [1.54, 1.807) is 6.92 Å². The number of carbonyl (C=O) groups excluding carboxylic acids is 1. The lowest BCUT2D eigenvalue weighted by Crippen LogP contribution is -2.30. The predicted octanol–water partition coefficient (Wildman–Crippen LogP) is 1.88. The first-order valence-electron chi connectivity index (χ1n) is 5.71. The number of hydrogen-bond acceptors (Lipinski definition) is 3. The van der Waals surface area contributed by atoms with E-state index in [2.05, 4.69) is 18.8 Å². The molecule has 1 N–H and O–H groups in total. The predicted molar refractivity (Wildman–Crippen MR) is 60.6 cm³/mol. The minimum atomic E-state index is -0.281. The molecule has 0 radical (unpaired) electrons. The van der Waals surface area contributed by atoms with Crippen LogP contribution in [-0.2, 0) is 9.53 Å². The van der Waals surface area contributed by atoms with Crippen molar-refractivity contribution in [2.45, 2.75) is 39.2 Å². The lowest BCUT2D eigenvalue weighted by molar-refractivity contribution is -0.138. The molecule has 0 aromatic heterocycles. The van der Waals surface area contributed by atoms with E-state index in [9.17, 15) is 4.79 Å². The van der Waals surface area contributed by atoms with Crippen molar-refractivity contribution >= 4 is 5.97 Å². The van der Waals surface area contributed by atoms with Gasteiger partial charge in [-0.3, -0.25) is 0 Å². The van der Waals surface area contributed by atoms with Crippen molar-refractivity contribution in [3.8, 4) is 0 Å². The highest BCUT2D eigenvalue weighted by Gasteiger charge is 2.21. The van der Waals surface area contributed by atoms with Crippen LogP contribution in [0.1, 0.15) is 33.1 Å². The van der Waals surface area contributed by atoms with Crippen LogP contribution >= 0.6 is 0 Å². The molecule has 2 unspecified atom stereocenters. The molecule has 86 valence electrons. The summed E-state index contributed by atoms with van der Waals surface area (Å²) in [6.45, 7) is 8.75. The van der Waals surface area contributed by atoms with Gasteiger partial charge in [0.05, 0.1) is 6.61 Å². The first kappa shape index (κ1) is 12.2. The maximum absolute atomic E-state index is 11.3. The molecule has 0 bridgehead atoms. The molecule has 0 amide bonds. The molecular formula is C12H21NO2. The smallest absolute Gasteiger partial charge is 0.334 e. The second-order valence-electron chi connectivity index (χ2n) is 4.32. The number of esters is 1. The summed E-state index contributed by atoms with van der Waals surface area (Å²) in [6.07, 6.45) is 3.69. The molecule has 1 fully saturated rings. The maximum Gasteiger partial charge on any atom is 0.334 e. The zero-order chi connectivity index (χ0) is 11.3. The van der Waals surface area contributed by atoms with Gasteiger partial charge >= 0.3 is 5.97 Å². The molecule has 0 saturated heterocycles. The molecule has 3 nitrogen and oxygen atoms in total. The van der Waals surface area contributed by atoms with Gasteiger partial charge < -0.3 is 10.1 Å². The Bertz CT molecular complexity index is 238. The Morgan fingerprint density at radius 3 is 2.80 bits per heavy atom. The van der Waals surface area contributed by atoms with Crippen LogP contribution in [0.2, 0.25) is 0 Å². The number of rotatable bonds is 5. The Morgan fingerprint density at radius 1 is 1.53 bits per heavy atom. The van der Waals surface area contributed by atoms with Gasteiger partial charge in [-0.2, -0.15) is 0 Å². The fourth-order valence-corrected chi connectivity index (χ4v) is 1.97. The second-order valence-corrected chi connectivity index (χ2v) is 4.32. The molecule has 3 heteroatoms. The molecule has 0 aromatic carbocycles. The summed E-state index contributed by atoms with van der Waals surface area (Å²) in [7, 11) is 0. The lowest BCUT2D eigenvalue weighted by Gasteiger charge is -2.12. The molecule has 1 rings (SSSR count). The van der Waals surface area contributed by atoms with Crippen molar-refractivity contribution in [1.82, 2.24) is 5.32 Å². The van der Waals surface area contributed by atoms with Crippen molar-refractivity contribution in [2.24, 2.45) is 5.92 Å². The van der Waals surface area contributed by atoms with Gasteiger partial charge in [-0.15, -0.1) is 0 Å². The summed E-state index contributed by atoms with van der Waals surface area (Å²) in [5, 5.41) is 3.35. The van der Waals surface area contributed by atoms with Gasteiger partial charge in [0.25, 0.3) is 0 Å². The molecule has 0 aromatic rings. The molecule has 15 heavy (non-hydrogen) atoms. The standard InChI is InChI=1S/C12H21NO2/c1-4-15-12(14)10(3)8-13-11-6-5-9(2)7-11/h9,11,13H,3-8H2,1-2H3. The average molecular weight is 211 g/mol. The molecule has 1 saturated carbocycles. The minimum absolute atomic E-state index is 0.281. The summed E-state index contributed by atoms with van der Waals surface area (Å²) in [6, 6.07) is 0.547. The molecular weight excluding hydrogens is 190 g/mol. The van der Waals surface area contributed by atoms with Crippen molar-refractivity contribution in [3.63, 3.8) is 0 Å². The van der Waals surface area contributed by atoms with Gasteiger partial charge in [-0.1, -0.05) is 13.5 Å². The van der Waals surface area contributed by atoms with Crippen LogP contribution in [0.25, 0.3) is 0 Å². The number of hydrogen-bond donors (Lipinski definition) is 1. The number of nitrogens with one attached hydrogen (secondary N) is 1. The van der Waals surface area contributed by atoms with E-state index in [1.807, 2.05) is 0 Å². The van der Waals surface area contributed by atoms with Gasteiger partial charge in [-0.05, 0) is 32.1 Å². The van der Waals surface area contributed by atoms with Gasteiger partial charge in [0.2, 0.25) is 0 Å². The molecule has 1 aliphatic rings. The van der Waals surface area contributed by atoms with E-state index in [4.69, 9.17) is 4.74 Å². The van der Waals surface area contributed by atoms with Crippen molar-refractivity contribution < 1.29 is 9.53 Å². The summed E-state index contributed by atoms with van der Waals surface area (Å²) >= 11 is 0. The van der Waals surface area contributed by atoms with Crippen LogP contribution in [0.15, 0.2) is 12.2 Å². The van der Waals surface area contributed by atoms with Crippen LogP contribution in [0.4, 0.5) is 0 Å². The number of ether oxygens (including phenoxy) is 1. The Balaban J connectivity index is 2.19. The summed E-state index contributed by atoms with van der Waals surface area (Å²) in [4.78, 5) is 11.3. The Hall–Kier alpha value is -0.830. The van der Waals surface area contributed by atoms with Crippen LogP contribution in [0.3, 0.4) is 0 Å². The normalized spacial score (nSPS) is 25.2. The van der Waals surface area contributed by atoms with E-state index in [0.29, 0.717) is 24.8 Å². The fourth-order valence-electron chi connectivity index (χ4n) is 1.97. The summed E-state index contributed by atoms with van der Waals surface area (Å²) in [5.41, 5.74) is 0.524. The van der Waals surface area contributed by atoms with E-state index >= 15 is 0 Å². The van der Waals surface area contributed by atoms with Gasteiger partial charge in [0, 0.05) is 18.2 Å². The highest BCUT2D eigenvalue weighted by Crippen LogP contribution is 2.24. The first-order valence-corrected chi connectivity index (χ1v) is 5.71. The Labute approximate surface area is 91.9 Å². The zero-order valence-corrected chi connectivity index (χ0v) is 9.71. The zero-order valence-electron chi connectivity index (χ0n) is 9.71. The minimum Gasteiger partial charge on any atom is -0.463 e. The highest BCUT2D eigenvalue weighted by atomic mass is 16.5. The fraction of sp³-hybridized carbons (Fsp3) is 0.750. The Morgan fingerprint density at radius 2 is 2.27 bits per heavy atom. The van der Waals surface area contributed by atoms with Crippen molar-refractivity contribution in [1.29, 1.82) is 0 Å². The van der Waals surface area contributed by atoms with E-state index in [0.717, 1.165) is 5.92 Å². The highest BCUT2D eigenvalue weighted by molar-refractivity contribution is 5.88. The monoisotopic (exact) mass is 211 g/mol. The Kier molecular flexibility index (Phi) is 4.82. The van der Waals surface area contributed by atoms with E-state index in [-0.39, 0.29) is 5.97 Å². The van der Waals surface area contributed by atoms with Gasteiger partial charge in [0.15, 0.2) is 0 Å². The molecule has 1 aliphatic carbocycles. The largest absolute Gasteiger partial charge is 0.463 e. The summed E-state index contributed by atoms with van der Waals surface area (Å²) < 4.78 is 4.86. The number of carbonyl (C=O) groups is 1. The third-order valence-corrected chi connectivity index (χ3v) is 2.86. The van der Waals surface area contributed by atoms with E-state index < -0.39 is 0 Å². The topological polar surface area (TPSA) is 38.3 Å². The SMILES string of the molecule is C=C(CNC1CCC(C)C1)C(=O)OCC. The summed E-state index contributed by atoms with van der Waals surface area (Å²) in [5.74, 6) is 0.523. The molecule has 0 heterocycles. The van der Waals surface area contributed by atoms with Crippen LogP contribution in [0, 0.1) is 5.92 Å². The van der Waals surface area contributed by atoms with Gasteiger partial charge in [0.1, 0.15) is 0 Å². The third-order valence-electron chi connectivity index (χ3n) is 2.86. The van der Waals surface area contributed by atoms with E-state index in [1.165, 1.54) is 19.3 Å². The second kappa shape index (κ2) is 5.91. The van der Waals surface area contributed by atoms with Crippen molar-refractivity contribution in [2.75, 3.05) is 13.2 Å². The average Bonchev–Trinajstić information content (AvgIpc) is 2.61. The van der Waals surface area contributed by atoms with Crippen molar-refractivity contribution in [3.05, 3.63) is 12.2 Å². The lowest BCUT2D eigenvalue weighted by atomic mass is 10.1. The third kappa shape index (κ3) is 4.04. The van der Waals surface area contributed by atoms with Crippen LogP contribution < -0.4 is 5.32 Å². The van der Waals surface area contributed by atoms with Crippen LogP contribution in [-0.4, -0.2) is 25.2 Å². The first-order chi connectivity index (χ1) is 7.13. The molecule has 0 spiro atoms. The van der Waals surface area contributed by atoms with Crippen LogP contribution in [0.5, 0.6) is 0 Å². The molecule has 0 aliphatic heterocycles. The molecule has 2 atom stereocenters. The van der Waals surface area contributed by atoms with Gasteiger partial charge in [-0.25, -0.2) is 4.79 Å². The maximum atomic E-state index is 11.3. The quantitative estimate of drug-likeness (QED) is 0.557.